The Morgan fingerprint density at radius 2 is 2.03 bits per heavy atom. The molecule has 0 radical (unpaired) electrons. The minimum absolute atomic E-state index is 0.523. The number of fused-ring (bicyclic) bond motifs is 1. The van der Waals surface area contributed by atoms with Crippen molar-refractivity contribution in [2.24, 2.45) is 4.99 Å². The van der Waals surface area contributed by atoms with Crippen molar-refractivity contribution in [1.29, 1.82) is 0 Å². The van der Waals surface area contributed by atoms with Gasteiger partial charge in [0.1, 0.15) is 0 Å². The molecule has 2 N–H and O–H groups in total. The Bertz CT molecular complexity index is 977. The fourth-order valence-electron chi connectivity index (χ4n) is 3.96. The lowest BCUT2D eigenvalue weighted by atomic mass is 9.96. The predicted molar refractivity (Wildman–Crippen MR) is 115 cm³/mol. The van der Waals surface area contributed by atoms with E-state index >= 15 is 0 Å². The Hall–Kier alpha value is -3.02. The topological polar surface area (TPSA) is 64.9 Å². The molecular formula is C24H25N3O2. The quantitative estimate of drug-likeness (QED) is 0.454. The van der Waals surface area contributed by atoms with Crippen molar-refractivity contribution < 1.29 is 10.0 Å². The van der Waals surface area contributed by atoms with Crippen LogP contribution < -0.4 is 5.48 Å². The van der Waals surface area contributed by atoms with Crippen LogP contribution in [-0.2, 0) is 17.8 Å². The highest BCUT2D eigenvalue weighted by molar-refractivity contribution is 6.13. The Labute approximate surface area is 171 Å². The number of nitrogens with zero attached hydrogens (tertiary/aromatic N) is 2. The average Bonchev–Trinajstić information content (AvgIpc) is 3.25. The number of hydroxylamine groups is 1. The highest BCUT2D eigenvalue weighted by Crippen LogP contribution is 2.23. The number of carbonyl (C=O) groups is 1. The molecule has 0 fully saturated rings. The van der Waals surface area contributed by atoms with Gasteiger partial charge < -0.3 is 0 Å². The third kappa shape index (κ3) is 4.70. The van der Waals surface area contributed by atoms with Gasteiger partial charge in [-0.2, -0.15) is 0 Å². The molecule has 0 saturated heterocycles. The van der Waals surface area contributed by atoms with Gasteiger partial charge in [0.15, 0.2) is 0 Å². The van der Waals surface area contributed by atoms with Gasteiger partial charge in [0, 0.05) is 25.7 Å². The van der Waals surface area contributed by atoms with Gasteiger partial charge >= 0.3 is 0 Å². The minimum atomic E-state index is -0.523. The lowest BCUT2D eigenvalue weighted by Gasteiger charge is -2.29. The van der Waals surface area contributed by atoms with Crippen LogP contribution >= 0.6 is 0 Å². The van der Waals surface area contributed by atoms with E-state index in [0.717, 1.165) is 50.3 Å². The van der Waals surface area contributed by atoms with Gasteiger partial charge in [0.25, 0.3) is 5.91 Å². The predicted octanol–water partition coefficient (Wildman–Crippen LogP) is 3.38. The van der Waals surface area contributed by atoms with Gasteiger partial charge in [0.05, 0.1) is 12.3 Å². The van der Waals surface area contributed by atoms with E-state index in [2.05, 4.69) is 52.4 Å². The molecule has 2 aliphatic rings. The second kappa shape index (κ2) is 8.99. The smallest absolute Gasteiger partial charge is 0.267 e. The zero-order chi connectivity index (χ0) is 20.1. The monoisotopic (exact) mass is 387 g/mol. The first-order valence-electron chi connectivity index (χ1n) is 9.98. The maximum absolute atomic E-state index is 11.2. The van der Waals surface area contributed by atoms with Gasteiger partial charge in [-0.25, -0.2) is 5.48 Å². The zero-order valence-electron chi connectivity index (χ0n) is 16.3. The second-order valence-electron chi connectivity index (χ2n) is 7.40. The number of carbonyl (C=O) groups excluding carboxylic acids is 1. The number of benzene rings is 2. The Balaban J connectivity index is 1.38. The molecule has 0 saturated carbocycles. The molecule has 0 atom stereocenters. The summed E-state index contributed by atoms with van der Waals surface area (Å²) in [6, 6.07) is 16.7. The van der Waals surface area contributed by atoms with Crippen molar-refractivity contribution >= 4 is 17.7 Å². The van der Waals surface area contributed by atoms with E-state index in [9.17, 15) is 4.79 Å². The van der Waals surface area contributed by atoms with Crippen molar-refractivity contribution in [2.75, 3.05) is 19.6 Å². The third-order valence-corrected chi connectivity index (χ3v) is 5.49. The van der Waals surface area contributed by atoms with Crippen molar-refractivity contribution in [3.63, 3.8) is 0 Å². The molecule has 29 heavy (non-hydrogen) atoms. The van der Waals surface area contributed by atoms with Crippen LogP contribution in [0.4, 0.5) is 0 Å². The zero-order valence-corrected chi connectivity index (χ0v) is 16.3. The number of rotatable bonds is 6. The molecule has 0 aromatic heterocycles. The summed E-state index contributed by atoms with van der Waals surface area (Å²) in [7, 11) is 0. The molecule has 2 aromatic rings. The van der Waals surface area contributed by atoms with Crippen molar-refractivity contribution in [1.82, 2.24) is 10.4 Å². The summed E-state index contributed by atoms with van der Waals surface area (Å²) in [6.45, 7) is 3.75. The van der Waals surface area contributed by atoms with Gasteiger partial charge in [0.2, 0.25) is 0 Å². The maximum atomic E-state index is 11.2. The number of nitrogens with one attached hydrogen (secondary N) is 1. The summed E-state index contributed by atoms with van der Waals surface area (Å²) < 4.78 is 0. The average molecular weight is 387 g/mol. The molecule has 0 unspecified atom stereocenters. The Kier molecular flexibility index (Phi) is 5.98. The maximum Gasteiger partial charge on any atom is 0.267 e. The van der Waals surface area contributed by atoms with E-state index in [1.165, 1.54) is 28.3 Å². The van der Waals surface area contributed by atoms with E-state index in [-0.39, 0.29) is 0 Å². The van der Waals surface area contributed by atoms with Gasteiger partial charge in [-0.05, 0) is 46.7 Å². The van der Waals surface area contributed by atoms with E-state index in [0.29, 0.717) is 0 Å². The van der Waals surface area contributed by atoms with E-state index in [1.54, 1.807) is 11.6 Å². The standard InChI is InChI=1S/C24H25N3O2/c28-23(26-29)9-7-18-6-8-19-11-14-27(17-22(19)16-18)15-12-21-10-13-25-24(21)20-4-2-1-3-5-20/h1-10,16,29H,11-15,17H2,(H,26,28)/b9-7+. The highest BCUT2D eigenvalue weighted by Gasteiger charge is 2.19. The molecule has 5 nitrogen and oxygen atoms in total. The molecule has 4 rings (SSSR count). The number of hydrogen-bond acceptors (Lipinski definition) is 4. The first kappa shape index (κ1) is 19.3. The summed E-state index contributed by atoms with van der Waals surface area (Å²) >= 11 is 0. The van der Waals surface area contributed by atoms with E-state index in [1.807, 2.05) is 12.1 Å². The summed E-state index contributed by atoms with van der Waals surface area (Å²) in [6.07, 6.45) is 7.33. The molecule has 2 aliphatic heterocycles. The first-order chi connectivity index (χ1) is 14.2. The van der Waals surface area contributed by atoms with Crippen LogP contribution in [0, 0.1) is 0 Å². The van der Waals surface area contributed by atoms with Gasteiger partial charge in [-0.3, -0.25) is 19.9 Å². The van der Waals surface area contributed by atoms with Crippen molar-refractivity contribution in [2.45, 2.75) is 19.4 Å². The van der Waals surface area contributed by atoms with Crippen LogP contribution in [-0.4, -0.2) is 41.4 Å². The summed E-state index contributed by atoms with van der Waals surface area (Å²) in [5.41, 5.74) is 8.93. The molecule has 148 valence electrons. The fraction of sp³-hybridized carbons (Fsp3) is 0.250. The van der Waals surface area contributed by atoms with Crippen LogP contribution in [0.5, 0.6) is 0 Å². The number of aliphatic imine (C=N–C) groups is 1. The van der Waals surface area contributed by atoms with E-state index in [4.69, 9.17) is 5.21 Å². The summed E-state index contributed by atoms with van der Waals surface area (Å²) in [4.78, 5) is 18.4. The molecule has 0 bridgehead atoms. The highest BCUT2D eigenvalue weighted by atomic mass is 16.5. The Morgan fingerprint density at radius 1 is 1.17 bits per heavy atom. The number of hydrogen-bond donors (Lipinski definition) is 2. The molecule has 2 heterocycles. The second-order valence-corrected chi connectivity index (χ2v) is 7.40. The Morgan fingerprint density at radius 3 is 2.86 bits per heavy atom. The van der Waals surface area contributed by atoms with Crippen LogP contribution in [0.15, 0.2) is 71.2 Å². The lowest BCUT2D eigenvalue weighted by molar-refractivity contribution is -0.124. The first-order valence-corrected chi connectivity index (χ1v) is 9.98. The van der Waals surface area contributed by atoms with Crippen LogP contribution in [0.25, 0.3) is 6.08 Å². The van der Waals surface area contributed by atoms with E-state index < -0.39 is 5.91 Å². The molecule has 2 aromatic carbocycles. The van der Waals surface area contributed by atoms with Crippen LogP contribution in [0.2, 0.25) is 0 Å². The van der Waals surface area contributed by atoms with Crippen molar-refractivity contribution in [3.8, 4) is 0 Å². The van der Waals surface area contributed by atoms with Crippen LogP contribution in [0.3, 0.4) is 0 Å². The minimum Gasteiger partial charge on any atom is -0.298 e. The SMILES string of the molecule is O=C(/C=C/c1ccc2c(c1)CN(CCC1=CCN=C1c1ccccc1)CC2)NO. The molecule has 0 aliphatic carbocycles. The third-order valence-electron chi connectivity index (χ3n) is 5.49. The molecule has 1 amide bonds. The van der Waals surface area contributed by atoms with Crippen molar-refractivity contribution in [3.05, 3.63) is 88.5 Å². The molecular weight excluding hydrogens is 362 g/mol. The van der Waals surface area contributed by atoms with Gasteiger partial charge in [-0.1, -0.05) is 54.6 Å². The molecule has 5 heteroatoms. The van der Waals surface area contributed by atoms with Gasteiger partial charge in [-0.15, -0.1) is 0 Å². The fourth-order valence-corrected chi connectivity index (χ4v) is 3.96. The number of amides is 1. The van der Waals surface area contributed by atoms with Crippen LogP contribution in [0.1, 0.15) is 28.7 Å². The normalized spacial score (nSPS) is 16.4. The lowest BCUT2D eigenvalue weighted by Crippen LogP contribution is -2.31. The largest absolute Gasteiger partial charge is 0.298 e. The summed E-state index contributed by atoms with van der Waals surface area (Å²) in [5.74, 6) is -0.523. The summed E-state index contributed by atoms with van der Waals surface area (Å²) in [5, 5.41) is 8.61. The molecule has 0 spiro atoms.